The van der Waals surface area contributed by atoms with Gasteiger partial charge in [0, 0.05) is 18.8 Å². The number of hydrogen-bond donors (Lipinski definition) is 1. The number of aromatic nitrogens is 1. The van der Waals surface area contributed by atoms with E-state index in [4.69, 9.17) is 0 Å². The van der Waals surface area contributed by atoms with E-state index < -0.39 is 0 Å². The minimum atomic E-state index is -0.108. The van der Waals surface area contributed by atoms with Crippen molar-refractivity contribution in [2.24, 2.45) is 4.99 Å². The summed E-state index contributed by atoms with van der Waals surface area (Å²) in [4.78, 5) is 20.3. The van der Waals surface area contributed by atoms with Gasteiger partial charge in [-0.3, -0.25) is 4.79 Å². The lowest BCUT2D eigenvalue weighted by molar-refractivity contribution is 0.780. The maximum absolute atomic E-state index is 11.1. The highest BCUT2D eigenvalue weighted by molar-refractivity contribution is 5.79. The molecule has 0 amide bonds. The Balaban J connectivity index is 2.17. The highest BCUT2D eigenvalue weighted by atomic mass is 16.1. The van der Waals surface area contributed by atoms with Crippen molar-refractivity contribution in [3.05, 3.63) is 35.1 Å². The molecule has 1 aliphatic rings. The molecule has 0 spiro atoms. The normalized spacial score (nSPS) is 13.6. The Morgan fingerprint density at radius 1 is 1.56 bits per heavy atom. The number of fused-ring (bicyclic) bond motifs is 1. The number of aromatic amines is 1. The Morgan fingerprint density at radius 3 is 3.25 bits per heavy atom. The van der Waals surface area contributed by atoms with E-state index in [1.807, 2.05) is 18.4 Å². The molecule has 1 aromatic heterocycles. The van der Waals surface area contributed by atoms with E-state index in [1.54, 1.807) is 6.07 Å². The van der Waals surface area contributed by atoms with Crippen molar-refractivity contribution in [3.63, 3.8) is 0 Å². The predicted octanol–water partition coefficient (Wildman–Crippen LogP) is 1.86. The summed E-state index contributed by atoms with van der Waals surface area (Å²) in [6, 6.07) is 3.37. The number of hydrogen-bond acceptors (Lipinski definition) is 3. The average Bonchev–Trinajstić information content (AvgIpc) is 2.29. The minimum absolute atomic E-state index is 0.108. The van der Waals surface area contributed by atoms with E-state index in [9.17, 15) is 4.79 Å². The fourth-order valence-electron chi connectivity index (χ4n) is 1.78. The highest BCUT2D eigenvalue weighted by Gasteiger charge is 2.13. The van der Waals surface area contributed by atoms with Gasteiger partial charge in [-0.2, -0.15) is 0 Å². The van der Waals surface area contributed by atoms with E-state index in [1.165, 1.54) is 0 Å². The number of rotatable bonds is 4. The summed E-state index contributed by atoms with van der Waals surface area (Å²) in [5, 5.41) is 0. The van der Waals surface area contributed by atoms with E-state index in [0.29, 0.717) is 5.82 Å². The van der Waals surface area contributed by atoms with Crippen molar-refractivity contribution < 1.29 is 0 Å². The smallest absolute Gasteiger partial charge is 0.249 e. The summed E-state index contributed by atoms with van der Waals surface area (Å²) in [7, 11) is 0. The standard InChI is InChI=1S/C12H15N3O/c1-2-3-4-8-15-9-7-13-12-10(15)5-6-11(16)14-12/h2,5-7H,1,3-4,8-9H2,(H,14,16). The first-order valence-electron chi connectivity index (χ1n) is 5.43. The minimum Gasteiger partial charge on any atom is -0.363 e. The Hall–Kier alpha value is -1.84. The van der Waals surface area contributed by atoms with Crippen LogP contribution < -0.4 is 10.5 Å². The van der Waals surface area contributed by atoms with Crippen molar-refractivity contribution in [2.75, 3.05) is 18.0 Å². The Bertz CT molecular complexity index is 462. The molecule has 1 aromatic rings. The molecule has 0 aliphatic carbocycles. The Morgan fingerprint density at radius 2 is 2.44 bits per heavy atom. The summed E-state index contributed by atoms with van der Waals surface area (Å²) in [6.07, 6.45) is 5.82. The molecule has 2 rings (SSSR count). The van der Waals surface area contributed by atoms with Crippen LogP contribution in [-0.4, -0.2) is 24.3 Å². The van der Waals surface area contributed by atoms with Crippen LogP contribution in [0.25, 0.3) is 0 Å². The first kappa shape index (κ1) is 10.7. The molecule has 4 heteroatoms. The van der Waals surface area contributed by atoms with Crippen LogP contribution in [-0.2, 0) is 0 Å². The summed E-state index contributed by atoms with van der Waals surface area (Å²) in [6.45, 7) is 5.46. The van der Waals surface area contributed by atoms with Gasteiger partial charge in [0.15, 0.2) is 5.82 Å². The molecule has 0 unspecified atom stereocenters. The van der Waals surface area contributed by atoms with E-state index in [-0.39, 0.29) is 5.56 Å². The van der Waals surface area contributed by atoms with Gasteiger partial charge < -0.3 is 9.88 Å². The van der Waals surface area contributed by atoms with Crippen molar-refractivity contribution >= 4 is 17.7 Å². The summed E-state index contributed by atoms with van der Waals surface area (Å²) in [5.41, 5.74) is 0.898. The number of pyridine rings is 1. The van der Waals surface area contributed by atoms with Gasteiger partial charge in [0.2, 0.25) is 5.56 Å². The van der Waals surface area contributed by atoms with Gasteiger partial charge in [-0.15, -0.1) is 6.58 Å². The highest BCUT2D eigenvalue weighted by Crippen LogP contribution is 2.26. The third-order valence-corrected chi connectivity index (χ3v) is 2.58. The second-order valence-electron chi connectivity index (χ2n) is 3.75. The molecule has 0 bridgehead atoms. The zero-order chi connectivity index (χ0) is 11.4. The molecule has 2 heterocycles. The maximum Gasteiger partial charge on any atom is 0.249 e. The Kier molecular flexibility index (Phi) is 3.19. The van der Waals surface area contributed by atoms with Crippen molar-refractivity contribution in [1.29, 1.82) is 0 Å². The number of allylic oxidation sites excluding steroid dienone is 1. The number of unbranched alkanes of at least 4 members (excludes halogenated alkanes) is 1. The summed E-state index contributed by atoms with van der Waals surface area (Å²) >= 11 is 0. The SMILES string of the molecule is C=CCCCN1CC=Nc2[nH]c(=O)ccc21. The summed E-state index contributed by atoms with van der Waals surface area (Å²) < 4.78 is 0. The van der Waals surface area contributed by atoms with Crippen LogP contribution >= 0.6 is 0 Å². The molecule has 0 saturated carbocycles. The van der Waals surface area contributed by atoms with Crippen molar-refractivity contribution in [1.82, 2.24) is 4.98 Å². The van der Waals surface area contributed by atoms with Gasteiger partial charge in [0.1, 0.15) is 0 Å². The molecule has 1 aliphatic heterocycles. The van der Waals surface area contributed by atoms with Crippen LogP contribution in [0.4, 0.5) is 11.5 Å². The number of H-pyrrole nitrogens is 1. The lowest BCUT2D eigenvalue weighted by Crippen LogP contribution is -2.29. The lowest BCUT2D eigenvalue weighted by atomic mass is 10.2. The van der Waals surface area contributed by atoms with Gasteiger partial charge in [-0.1, -0.05) is 6.08 Å². The van der Waals surface area contributed by atoms with Gasteiger partial charge in [-0.05, 0) is 18.9 Å². The molecule has 84 valence electrons. The quantitative estimate of drug-likeness (QED) is 0.618. The Labute approximate surface area is 94.3 Å². The second-order valence-corrected chi connectivity index (χ2v) is 3.75. The fourth-order valence-corrected chi connectivity index (χ4v) is 1.78. The largest absolute Gasteiger partial charge is 0.363 e. The van der Waals surface area contributed by atoms with Crippen LogP contribution in [0.15, 0.2) is 34.6 Å². The molecular weight excluding hydrogens is 202 g/mol. The van der Waals surface area contributed by atoms with Crippen LogP contribution in [0.1, 0.15) is 12.8 Å². The van der Waals surface area contributed by atoms with Gasteiger partial charge >= 0.3 is 0 Å². The average molecular weight is 217 g/mol. The topological polar surface area (TPSA) is 48.5 Å². The van der Waals surface area contributed by atoms with Crippen molar-refractivity contribution in [3.8, 4) is 0 Å². The van der Waals surface area contributed by atoms with Gasteiger partial charge in [-0.25, -0.2) is 4.99 Å². The number of nitrogens with zero attached hydrogens (tertiary/aromatic N) is 2. The molecular formula is C12H15N3O. The maximum atomic E-state index is 11.1. The first-order valence-corrected chi connectivity index (χ1v) is 5.43. The van der Waals surface area contributed by atoms with Crippen LogP contribution in [0.3, 0.4) is 0 Å². The number of nitrogens with one attached hydrogen (secondary N) is 1. The molecule has 1 N–H and O–H groups in total. The second kappa shape index (κ2) is 4.79. The van der Waals surface area contributed by atoms with E-state index >= 15 is 0 Å². The van der Waals surface area contributed by atoms with Gasteiger partial charge in [0.25, 0.3) is 0 Å². The molecule has 16 heavy (non-hydrogen) atoms. The molecule has 4 nitrogen and oxygen atoms in total. The predicted molar refractivity (Wildman–Crippen MR) is 66.9 cm³/mol. The molecule has 0 saturated heterocycles. The molecule has 0 atom stereocenters. The van der Waals surface area contributed by atoms with E-state index in [0.717, 1.165) is 31.6 Å². The van der Waals surface area contributed by atoms with Crippen LogP contribution in [0, 0.1) is 0 Å². The van der Waals surface area contributed by atoms with E-state index in [2.05, 4.69) is 21.5 Å². The van der Waals surface area contributed by atoms with Crippen LogP contribution in [0.5, 0.6) is 0 Å². The fraction of sp³-hybridized carbons (Fsp3) is 0.333. The summed E-state index contributed by atoms with van der Waals surface area (Å²) in [5.74, 6) is 0.664. The molecule has 0 fully saturated rings. The molecule has 0 aromatic carbocycles. The number of aliphatic imine (C=N–C) groups is 1. The zero-order valence-electron chi connectivity index (χ0n) is 9.15. The zero-order valence-corrected chi connectivity index (χ0v) is 9.15. The monoisotopic (exact) mass is 217 g/mol. The van der Waals surface area contributed by atoms with Gasteiger partial charge in [0.05, 0.1) is 12.2 Å². The van der Waals surface area contributed by atoms with Crippen LogP contribution in [0.2, 0.25) is 0 Å². The third-order valence-electron chi connectivity index (χ3n) is 2.58. The molecule has 0 radical (unpaired) electrons. The third kappa shape index (κ3) is 2.21. The lowest BCUT2D eigenvalue weighted by Gasteiger charge is -2.26. The van der Waals surface area contributed by atoms with Crippen molar-refractivity contribution in [2.45, 2.75) is 12.8 Å². The number of anilines is 1. The first-order chi connectivity index (χ1) is 7.81.